The van der Waals surface area contributed by atoms with Gasteiger partial charge in [0.2, 0.25) is 0 Å². The summed E-state index contributed by atoms with van der Waals surface area (Å²) in [5.74, 6) is 0. The van der Waals surface area contributed by atoms with E-state index in [1.165, 1.54) is 35.6 Å². The predicted molar refractivity (Wildman–Crippen MR) is 89.1 cm³/mol. The lowest BCUT2D eigenvalue weighted by Crippen LogP contribution is -2.31. The number of nitrogens with zero attached hydrogens (tertiary/aromatic N) is 3. The highest BCUT2D eigenvalue weighted by atomic mass is 35.5. The summed E-state index contributed by atoms with van der Waals surface area (Å²) < 4.78 is 43.7. The van der Waals surface area contributed by atoms with Crippen molar-refractivity contribution in [2.45, 2.75) is 17.1 Å². The number of rotatable bonds is 4. The van der Waals surface area contributed by atoms with E-state index in [9.17, 15) is 13.2 Å². The number of imidazole rings is 1. The van der Waals surface area contributed by atoms with E-state index in [-0.39, 0.29) is 5.56 Å². The summed E-state index contributed by atoms with van der Waals surface area (Å²) in [5, 5.41) is 0.403. The van der Waals surface area contributed by atoms with Gasteiger partial charge >= 0.3 is 6.18 Å². The van der Waals surface area contributed by atoms with Crippen LogP contribution in [0.15, 0.2) is 59.9 Å². The Labute approximate surface area is 146 Å². The molecule has 3 aromatic rings. The molecule has 1 atom stereocenters. The van der Waals surface area contributed by atoms with Gasteiger partial charge in [0.15, 0.2) is 0 Å². The summed E-state index contributed by atoms with van der Waals surface area (Å²) in [6.07, 6.45) is 0.774. The Balaban J connectivity index is 1.88. The minimum atomic E-state index is -4.41. The molecule has 0 unspecified atom stereocenters. The van der Waals surface area contributed by atoms with Gasteiger partial charge in [0.25, 0.3) is 0 Å². The van der Waals surface area contributed by atoms with Crippen LogP contribution in [0.5, 0.6) is 0 Å². The molecule has 0 spiro atoms. The maximum atomic E-state index is 13.6. The Morgan fingerprint density at radius 3 is 2.54 bits per heavy atom. The van der Waals surface area contributed by atoms with E-state index in [2.05, 4.69) is 4.98 Å². The Morgan fingerprint density at radius 1 is 1.17 bits per heavy atom. The highest BCUT2D eigenvalue weighted by molar-refractivity contribution is 7.97. The van der Waals surface area contributed by atoms with Crippen LogP contribution in [0.2, 0.25) is 5.02 Å². The van der Waals surface area contributed by atoms with Crippen molar-refractivity contribution in [2.75, 3.05) is 7.05 Å². The quantitative estimate of drug-likeness (QED) is 0.586. The highest BCUT2D eigenvalue weighted by Crippen LogP contribution is 2.42. The number of hydrogen-bond donors (Lipinski definition) is 0. The number of hydrogen-bond acceptors (Lipinski definition) is 3. The summed E-state index contributed by atoms with van der Waals surface area (Å²) in [6, 6.07) is 7.48. The molecular formula is C16H13ClF3N3S. The van der Waals surface area contributed by atoms with Gasteiger partial charge in [0.05, 0.1) is 0 Å². The van der Waals surface area contributed by atoms with Crippen LogP contribution in [-0.4, -0.2) is 26.9 Å². The van der Waals surface area contributed by atoms with Crippen LogP contribution < -0.4 is 0 Å². The first-order valence-electron chi connectivity index (χ1n) is 7.00. The fourth-order valence-electron chi connectivity index (χ4n) is 2.42. The van der Waals surface area contributed by atoms with Gasteiger partial charge in [-0.25, -0.2) is 9.29 Å². The van der Waals surface area contributed by atoms with Crippen LogP contribution >= 0.6 is 23.5 Å². The average molecular weight is 372 g/mol. The van der Waals surface area contributed by atoms with Crippen molar-refractivity contribution in [3.05, 3.63) is 65.6 Å². The molecule has 0 aliphatic heterocycles. The molecule has 0 saturated heterocycles. The second kappa shape index (κ2) is 6.66. The average Bonchev–Trinajstić information content (AvgIpc) is 2.95. The third kappa shape index (κ3) is 3.68. The van der Waals surface area contributed by atoms with Crippen molar-refractivity contribution in [1.82, 2.24) is 13.7 Å². The SMILES string of the molecule is CN(Sc1ccn2ccnc2c1)[C@H](c1ccc(Cl)cc1)C(F)(F)F. The number of fused-ring (bicyclic) bond motifs is 1. The van der Waals surface area contributed by atoms with Gasteiger partial charge in [-0.3, -0.25) is 0 Å². The predicted octanol–water partition coefficient (Wildman–Crippen LogP) is 5.23. The second-order valence-corrected chi connectivity index (χ2v) is 6.85. The highest BCUT2D eigenvalue weighted by Gasteiger charge is 2.44. The number of pyridine rings is 1. The maximum Gasteiger partial charge on any atom is 0.408 e. The first-order chi connectivity index (χ1) is 11.3. The fourth-order valence-corrected chi connectivity index (χ4v) is 3.50. The molecule has 24 heavy (non-hydrogen) atoms. The molecule has 3 nitrogen and oxygen atoms in total. The zero-order valence-electron chi connectivity index (χ0n) is 12.5. The minimum absolute atomic E-state index is 0.142. The Hall–Kier alpha value is -1.70. The summed E-state index contributed by atoms with van der Waals surface area (Å²) >= 11 is 6.80. The first kappa shape index (κ1) is 17.1. The molecule has 1 aromatic carbocycles. The van der Waals surface area contributed by atoms with E-state index in [4.69, 9.17) is 11.6 Å². The lowest BCUT2D eigenvalue weighted by molar-refractivity contribution is -0.169. The van der Waals surface area contributed by atoms with Gasteiger partial charge < -0.3 is 4.40 Å². The molecule has 2 heterocycles. The topological polar surface area (TPSA) is 20.5 Å². The summed E-state index contributed by atoms with van der Waals surface area (Å²) in [6.45, 7) is 0. The molecule has 0 aliphatic rings. The van der Waals surface area contributed by atoms with E-state index in [0.717, 1.165) is 11.9 Å². The Kier molecular flexibility index (Phi) is 4.76. The number of halogens is 4. The largest absolute Gasteiger partial charge is 0.408 e. The molecule has 0 bridgehead atoms. The summed E-state index contributed by atoms with van der Waals surface area (Å²) in [4.78, 5) is 4.82. The van der Waals surface area contributed by atoms with Crippen LogP contribution in [0, 0.1) is 0 Å². The third-order valence-corrected chi connectivity index (χ3v) is 4.69. The van der Waals surface area contributed by atoms with Gasteiger partial charge in [-0.2, -0.15) is 13.2 Å². The van der Waals surface area contributed by atoms with Gasteiger partial charge in [-0.15, -0.1) is 0 Å². The van der Waals surface area contributed by atoms with E-state index in [1.807, 2.05) is 0 Å². The van der Waals surface area contributed by atoms with Crippen molar-refractivity contribution >= 4 is 29.2 Å². The van der Waals surface area contributed by atoms with E-state index in [1.54, 1.807) is 35.1 Å². The number of aromatic nitrogens is 2. The van der Waals surface area contributed by atoms with E-state index >= 15 is 0 Å². The van der Waals surface area contributed by atoms with Gasteiger partial charge in [-0.1, -0.05) is 23.7 Å². The van der Waals surface area contributed by atoms with E-state index < -0.39 is 12.2 Å². The molecule has 0 saturated carbocycles. The van der Waals surface area contributed by atoms with E-state index in [0.29, 0.717) is 15.6 Å². The van der Waals surface area contributed by atoms with Gasteiger partial charge in [0, 0.05) is 28.5 Å². The lowest BCUT2D eigenvalue weighted by atomic mass is 10.1. The summed E-state index contributed by atoms with van der Waals surface area (Å²) in [7, 11) is 1.42. The van der Waals surface area contributed by atoms with Crippen molar-refractivity contribution in [3.63, 3.8) is 0 Å². The molecule has 0 aliphatic carbocycles. The normalized spacial score (nSPS) is 13.6. The fraction of sp³-hybridized carbons (Fsp3) is 0.188. The minimum Gasteiger partial charge on any atom is -0.307 e. The molecule has 3 rings (SSSR count). The zero-order chi connectivity index (χ0) is 17.3. The van der Waals surface area contributed by atoms with Crippen LogP contribution in [0.25, 0.3) is 5.65 Å². The van der Waals surface area contributed by atoms with Crippen molar-refractivity contribution in [2.24, 2.45) is 0 Å². The van der Waals surface area contributed by atoms with Gasteiger partial charge in [0.1, 0.15) is 11.7 Å². The monoisotopic (exact) mass is 371 g/mol. The van der Waals surface area contributed by atoms with Crippen molar-refractivity contribution in [1.29, 1.82) is 0 Å². The Morgan fingerprint density at radius 2 is 1.88 bits per heavy atom. The smallest absolute Gasteiger partial charge is 0.307 e. The van der Waals surface area contributed by atoms with Crippen LogP contribution in [0.4, 0.5) is 13.2 Å². The molecule has 0 N–H and O–H groups in total. The zero-order valence-corrected chi connectivity index (χ0v) is 14.1. The Bertz CT molecular complexity index is 832. The molecule has 0 fully saturated rings. The standard InChI is InChI=1S/C16H13ClF3N3S/c1-22(24-13-6-8-23-9-7-21-14(23)10-13)15(16(18,19)20)11-2-4-12(17)5-3-11/h2-10,15H,1H3/t15-/m1/s1. The number of alkyl halides is 3. The maximum absolute atomic E-state index is 13.6. The second-order valence-electron chi connectivity index (χ2n) is 5.19. The third-order valence-electron chi connectivity index (χ3n) is 3.48. The van der Waals surface area contributed by atoms with Crippen LogP contribution in [0.1, 0.15) is 11.6 Å². The molecule has 2 aromatic heterocycles. The molecular weight excluding hydrogens is 359 g/mol. The molecule has 0 radical (unpaired) electrons. The van der Waals surface area contributed by atoms with Crippen LogP contribution in [0.3, 0.4) is 0 Å². The summed E-state index contributed by atoms with van der Waals surface area (Å²) in [5.41, 5.74) is 0.826. The van der Waals surface area contributed by atoms with Gasteiger partial charge in [-0.05, 0) is 48.8 Å². The molecule has 8 heteroatoms. The van der Waals surface area contributed by atoms with Crippen LogP contribution in [-0.2, 0) is 0 Å². The lowest BCUT2D eigenvalue weighted by Gasteiger charge is -2.29. The number of benzene rings is 1. The molecule has 126 valence electrons. The van der Waals surface area contributed by atoms with Crippen molar-refractivity contribution < 1.29 is 13.2 Å². The van der Waals surface area contributed by atoms with Crippen molar-refractivity contribution in [3.8, 4) is 0 Å². The molecule has 0 amide bonds. The first-order valence-corrected chi connectivity index (χ1v) is 8.15.